The van der Waals surface area contributed by atoms with E-state index in [0.29, 0.717) is 12.7 Å². The van der Waals surface area contributed by atoms with E-state index in [4.69, 9.17) is 9.47 Å². The summed E-state index contributed by atoms with van der Waals surface area (Å²) in [6.07, 6.45) is 1.84. The van der Waals surface area contributed by atoms with E-state index >= 15 is 0 Å². The van der Waals surface area contributed by atoms with E-state index in [9.17, 15) is 0 Å². The SMILES string of the molecule is c1cc2n(n1)C[C@@H](CNCc1ccc3c(c1)OCO3)CN2. The van der Waals surface area contributed by atoms with Crippen molar-refractivity contribution < 1.29 is 9.47 Å². The van der Waals surface area contributed by atoms with Crippen LogP contribution in [0.3, 0.4) is 0 Å². The zero-order valence-corrected chi connectivity index (χ0v) is 11.7. The van der Waals surface area contributed by atoms with E-state index < -0.39 is 0 Å². The zero-order valence-electron chi connectivity index (χ0n) is 11.7. The van der Waals surface area contributed by atoms with Crippen LogP contribution in [0.25, 0.3) is 0 Å². The molecule has 6 nitrogen and oxygen atoms in total. The number of nitrogens with one attached hydrogen (secondary N) is 2. The molecule has 1 aromatic carbocycles. The summed E-state index contributed by atoms with van der Waals surface area (Å²) in [7, 11) is 0. The maximum absolute atomic E-state index is 5.39. The third-order valence-corrected chi connectivity index (χ3v) is 3.92. The van der Waals surface area contributed by atoms with Crippen molar-refractivity contribution in [1.82, 2.24) is 15.1 Å². The van der Waals surface area contributed by atoms with Gasteiger partial charge in [0.05, 0.1) is 6.20 Å². The van der Waals surface area contributed by atoms with Crippen LogP contribution in [-0.2, 0) is 13.1 Å². The van der Waals surface area contributed by atoms with Gasteiger partial charge in [-0.05, 0) is 17.7 Å². The molecular formula is C15H18N4O2. The third-order valence-electron chi connectivity index (χ3n) is 3.92. The monoisotopic (exact) mass is 286 g/mol. The summed E-state index contributed by atoms with van der Waals surface area (Å²) in [5.74, 6) is 3.34. The molecule has 0 saturated carbocycles. The van der Waals surface area contributed by atoms with Gasteiger partial charge in [0.1, 0.15) is 5.82 Å². The molecule has 2 aliphatic rings. The highest BCUT2D eigenvalue weighted by Crippen LogP contribution is 2.32. The Labute approximate surface area is 123 Å². The highest BCUT2D eigenvalue weighted by molar-refractivity contribution is 5.44. The number of hydrogen-bond acceptors (Lipinski definition) is 5. The van der Waals surface area contributed by atoms with Crippen LogP contribution in [0.15, 0.2) is 30.5 Å². The molecule has 0 fully saturated rings. The number of ether oxygens (including phenoxy) is 2. The van der Waals surface area contributed by atoms with Gasteiger partial charge in [-0.2, -0.15) is 5.10 Å². The van der Waals surface area contributed by atoms with Crippen molar-refractivity contribution in [3.8, 4) is 11.5 Å². The van der Waals surface area contributed by atoms with E-state index in [1.54, 1.807) is 0 Å². The van der Waals surface area contributed by atoms with Crippen LogP contribution in [-0.4, -0.2) is 29.7 Å². The van der Waals surface area contributed by atoms with Crippen molar-refractivity contribution in [1.29, 1.82) is 0 Å². The Morgan fingerprint density at radius 3 is 3.24 bits per heavy atom. The van der Waals surface area contributed by atoms with Gasteiger partial charge in [-0.25, -0.2) is 4.68 Å². The van der Waals surface area contributed by atoms with Crippen LogP contribution < -0.4 is 20.1 Å². The molecular weight excluding hydrogens is 268 g/mol. The lowest BCUT2D eigenvalue weighted by molar-refractivity contribution is 0.174. The third kappa shape index (κ3) is 2.54. The van der Waals surface area contributed by atoms with Gasteiger partial charge < -0.3 is 20.1 Å². The minimum Gasteiger partial charge on any atom is -0.454 e. The summed E-state index contributed by atoms with van der Waals surface area (Å²) in [5, 5.41) is 11.2. The Bertz CT molecular complexity index is 640. The number of benzene rings is 1. The van der Waals surface area contributed by atoms with E-state index in [1.807, 2.05) is 29.1 Å². The standard InChI is InChI=1S/C15H18N4O2/c1-2-13-14(21-10-20-13)5-11(1)6-16-7-12-8-17-15-3-4-18-19(15)9-12/h1-5,12,16-17H,6-10H2/t12-/m0/s1. The first-order valence-electron chi connectivity index (χ1n) is 7.23. The fourth-order valence-corrected chi connectivity index (χ4v) is 2.79. The summed E-state index contributed by atoms with van der Waals surface area (Å²) < 4.78 is 12.7. The van der Waals surface area contributed by atoms with Crippen molar-refractivity contribution in [2.75, 3.05) is 25.2 Å². The molecule has 21 heavy (non-hydrogen) atoms. The molecule has 0 spiro atoms. The molecule has 3 heterocycles. The van der Waals surface area contributed by atoms with Crippen LogP contribution in [0, 0.1) is 5.92 Å². The van der Waals surface area contributed by atoms with Crippen molar-refractivity contribution in [2.45, 2.75) is 13.1 Å². The van der Waals surface area contributed by atoms with Gasteiger partial charge in [-0.3, -0.25) is 0 Å². The van der Waals surface area contributed by atoms with Crippen LogP contribution in [0.1, 0.15) is 5.56 Å². The molecule has 2 aliphatic heterocycles. The second-order valence-electron chi connectivity index (χ2n) is 5.46. The molecule has 6 heteroatoms. The van der Waals surface area contributed by atoms with E-state index in [0.717, 1.165) is 43.5 Å². The van der Waals surface area contributed by atoms with E-state index in [-0.39, 0.29) is 0 Å². The average molecular weight is 286 g/mol. The lowest BCUT2D eigenvalue weighted by atomic mass is 10.1. The topological polar surface area (TPSA) is 60.3 Å². The number of anilines is 1. The quantitative estimate of drug-likeness (QED) is 0.890. The number of rotatable bonds is 4. The highest BCUT2D eigenvalue weighted by atomic mass is 16.7. The van der Waals surface area contributed by atoms with Crippen LogP contribution in [0.2, 0.25) is 0 Å². The first-order chi connectivity index (χ1) is 10.4. The lowest BCUT2D eigenvalue weighted by Gasteiger charge is -2.25. The smallest absolute Gasteiger partial charge is 0.231 e. The molecule has 0 radical (unpaired) electrons. The predicted molar refractivity (Wildman–Crippen MR) is 78.5 cm³/mol. The molecule has 2 aromatic rings. The van der Waals surface area contributed by atoms with Gasteiger partial charge in [0.25, 0.3) is 0 Å². The van der Waals surface area contributed by atoms with Crippen molar-refractivity contribution >= 4 is 5.82 Å². The zero-order chi connectivity index (χ0) is 14.1. The van der Waals surface area contributed by atoms with Gasteiger partial charge >= 0.3 is 0 Å². The Morgan fingerprint density at radius 2 is 2.24 bits per heavy atom. The fourth-order valence-electron chi connectivity index (χ4n) is 2.79. The summed E-state index contributed by atoms with van der Waals surface area (Å²) >= 11 is 0. The Kier molecular flexibility index (Phi) is 3.16. The summed E-state index contributed by atoms with van der Waals surface area (Å²) in [4.78, 5) is 0. The van der Waals surface area contributed by atoms with Crippen LogP contribution >= 0.6 is 0 Å². The first-order valence-corrected chi connectivity index (χ1v) is 7.23. The van der Waals surface area contributed by atoms with Gasteiger partial charge in [-0.1, -0.05) is 6.07 Å². The molecule has 110 valence electrons. The Morgan fingerprint density at radius 1 is 1.29 bits per heavy atom. The van der Waals surface area contributed by atoms with Gasteiger partial charge in [0.15, 0.2) is 11.5 Å². The number of hydrogen-bond donors (Lipinski definition) is 2. The minimum atomic E-state index is 0.326. The van der Waals surface area contributed by atoms with Crippen molar-refractivity contribution in [3.63, 3.8) is 0 Å². The highest BCUT2D eigenvalue weighted by Gasteiger charge is 2.18. The summed E-state index contributed by atoms with van der Waals surface area (Å²) in [6.45, 7) is 4.06. The lowest BCUT2D eigenvalue weighted by Crippen LogP contribution is -2.35. The van der Waals surface area contributed by atoms with Gasteiger partial charge in [0, 0.05) is 38.2 Å². The number of nitrogens with zero attached hydrogens (tertiary/aromatic N) is 2. The van der Waals surface area contributed by atoms with E-state index in [1.165, 1.54) is 5.56 Å². The van der Waals surface area contributed by atoms with Crippen LogP contribution in [0.5, 0.6) is 11.5 Å². The average Bonchev–Trinajstić information content (AvgIpc) is 3.14. The van der Waals surface area contributed by atoms with Crippen molar-refractivity contribution in [2.24, 2.45) is 5.92 Å². The largest absolute Gasteiger partial charge is 0.454 e. The molecule has 0 amide bonds. The maximum Gasteiger partial charge on any atom is 0.231 e. The van der Waals surface area contributed by atoms with Gasteiger partial charge in [-0.15, -0.1) is 0 Å². The van der Waals surface area contributed by atoms with Crippen molar-refractivity contribution in [3.05, 3.63) is 36.0 Å². The molecule has 1 atom stereocenters. The second kappa shape index (κ2) is 5.29. The maximum atomic E-state index is 5.39. The molecule has 0 bridgehead atoms. The summed E-state index contributed by atoms with van der Waals surface area (Å²) in [6, 6.07) is 8.10. The molecule has 0 unspecified atom stereocenters. The molecule has 2 N–H and O–H groups in total. The fraction of sp³-hybridized carbons (Fsp3) is 0.400. The van der Waals surface area contributed by atoms with Crippen LogP contribution in [0.4, 0.5) is 5.82 Å². The number of aromatic nitrogens is 2. The van der Waals surface area contributed by atoms with E-state index in [2.05, 4.69) is 21.8 Å². The first kappa shape index (κ1) is 12.5. The molecule has 0 aliphatic carbocycles. The minimum absolute atomic E-state index is 0.326. The second-order valence-corrected chi connectivity index (χ2v) is 5.46. The van der Waals surface area contributed by atoms with Gasteiger partial charge in [0.2, 0.25) is 6.79 Å². The molecule has 0 saturated heterocycles. The normalized spacial score (nSPS) is 19.1. The number of fused-ring (bicyclic) bond motifs is 2. The molecule has 4 rings (SSSR count). The predicted octanol–water partition coefficient (Wildman–Crippen LogP) is 1.44. The summed E-state index contributed by atoms with van der Waals surface area (Å²) in [5.41, 5.74) is 1.21. The Balaban J connectivity index is 1.30. The Hall–Kier alpha value is -2.21. The molecule has 1 aromatic heterocycles.